The van der Waals surface area contributed by atoms with E-state index in [0.29, 0.717) is 41.6 Å². The van der Waals surface area contributed by atoms with Crippen LogP contribution in [-0.4, -0.2) is 39.1 Å². The molecule has 4 rings (SSSR count). The average Bonchev–Trinajstić information content (AvgIpc) is 3.28. The lowest BCUT2D eigenvalue weighted by Gasteiger charge is -2.25. The Kier molecular flexibility index (Phi) is 7.06. The second-order valence-electron chi connectivity index (χ2n) is 8.18. The number of nitrogens with zero attached hydrogens (tertiary/aromatic N) is 4. The minimum atomic E-state index is -3.22. The summed E-state index contributed by atoms with van der Waals surface area (Å²) in [6.45, 7) is 4.86. The van der Waals surface area contributed by atoms with E-state index in [1.54, 1.807) is 23.0 Å². The molecule has 0 saturated carbocycles. The van der Waals surface area contributed by atoms with Crippen LogP contribution in [0.4, 0.5) is 30.6 Å². The smallest absolute Gasteiger partial charge is 0.304 e. The summed E-state index contributed by atoms with van der Waals surface area (Å²) in [5, 5.41) is 11.5. The predicted molar refractivity (Wildman–Crippen MR) is 129 cm³/mol. The zero-order valence-electron chi connectivity index (χ0n) is 19.3. The number of fused-ring (bicyclic) bond motifs is 1. The van der Waals surface area contributed by atoms with Gasteiger partial charge in [-0.05, 0) is 43.7 Å². The van der Waals surface area contributed by atoms with Crippen LogP contribution in [0.25, 0.3) is 11.0 Å². The van der Waals surface area contributed by atoms with Crippen molar-refractivity contribution in [3.8, 4) is 5.75 Å². The van der Waals surface area contributed by atoms with E-state index < -0.39 is 18.3 Å². The third-order valence-corrected chi connectivity index (χ3v) is 5.41. The SMILES string of the molecule is CCn1ncc2c(Nc3ccc(OC(F)C(F)F)cc3)nc(NCC(C)(N)c3ccccc3)nc21. The van der Waals surface area contributed by atoms with Crippen molar-refractivity contribution >= 4 is 28.5 Å². The summed E-state index contributed by atoms with van der Waals surface area (Å²) in [5.74, 6) is 0.834. The molecule has 0 saturated heterocycles. The molecule has 35 heavy (non-hydrogen) atoms. The zero-order valence-corrected chi connectivity index (χ0v) is 19.3. The van der Waals surface area contributed by atoms with Crippen molar-refractivity contribution in [3.05, 3.63) is 66.4 Å². The fourth-order valence-corrected chi connectivity index (χ4v) is 3.48. The Morgan fingerprint density at radius 3 is 2.43 bits per heavy atom. The van der Waals surface area contributed by atoms with Crippen LogP contribution in [0.2, 0.25) is 0 Å². The van der Waals surface area contributed by atoms with Gasteiger partial charge in [0, 0.05) is 18.8 Å². The molecule has 11 heteroatoms. The van der Waals surface area contributed by atoms with Gasteiger partial charge in [-0.1, -0.05) is 30.3 Å². The second kappa shape index (κ2) is 10.2. The first-order valence-electron chi connectivity index (χ1n) is 11.0. The molecule has 2 heterocycles. The molecule has 0 aliphatic rings. The van der Waals surface area contributed by atoms with Crippen LogP contribution in [0.5, 0.6) is 5.75 Å². The fraction of sp³-hybridized carbons (Fsp3) is 0.292. The lowest BCUT2D eigenvalue weighted by atomic mass is 9.93. The molecule has 184 valence electrons. The van der Waals surface area contributed by atoms with E-state index in [1.165, 1.54) is 12.1 Å². The number of nitrogens with one attached hydrogen (secondary N) is 2. The number of hydrogen-bond donors (Lipinski definition) is 3. The number of anilines is 3. The van der Waals surface area contributed by atoms with Crippen LogP contribution in [0.15, 0.2) is 60.8 Å². The van der Waals surface area contributed by atoms with Crippen LogP contribution in [0.3, 0.4) is 0 Å². The summed E-state index contributed by atoms with van der Waals surface area (Å²) in [4.78, 5) is 9.22. The zero-order chi connectivity index (χ0) is 25.0. The topological polar surface area (TPSA) is 103 Å². The van der Waals surface area contributed by atoms with E-state index in [1.807, 2.05) is 44.2 Å². The average molecular weight is 486 g/mol. The normalized spacial score (nSPS) is 14.0. The highest BCUT2D eigenvalue weighted by Gasteiger charge is 2.22. The highest BCUT2D eigenvalue weighted by Crippen LogP contribution is 2.27. The van der Waals surface area contributed by atoms with Crippen LogP contribution >= 0.6 is 0 Å². The summed E-state index contributed by atoms with van der Waals surface area (Å²) in [6.07, 6.45) is -4.25. The molecule has 0 aliphatic heterocycles. The summed E-state index contributed by atoms with van der Waals surface area (Å²) in [7, 11) is 0. The molecule has 2 atom stereocenters. The summed E-state index contributed by atoms with van der Waals surface area (Å²) >= 11 is 0. The first-order valence-corrected chi connectivity index (χ1v) is 11.0. The standard InChI is InChI=1S/C24H26F3N7O/c1-3-34-22-18(13-30-34)21(31-16-9-11-17(12-10-16)35-20(27)19(25)26)32-23(33-22)29-14-24(2,28)15-7-5-4-6-8-15/h4-13,19-20H,3,14,28H2,1-2H3,(H2,29,31,32,33). The number of ether oxygens (including phenoxy) is 1. The molecular weight excluding hydrogens is 459 g/mol. The molecule has 0 spiro atoms. The number of alkyl halides is 3. The minimum absolute atomic E-state index is 0.0134. The third-order valence-electron chi connectivity index (χ3n) is 5.41. The molecular formula is C24H26F3N7O. The molecule has 2 aromatic heterocycles. The number of aryl methyl sites for hydroxylation is 1. The molecule has 0 fully saturated rings. The van der Waals surface area contributed by atoms with Gasteiger partial charge in [-0.3, -0.25) is 0 Å². The van der Waals surface area contributed by atoms with Gasteiger partial charge in [0.2, 0.25) is 5.95 Å². The maximum Gasteiger partial charge on any atom is 0.304 e. The lowest BCUT2D eigenvalue weighted by Crippen LogP contribution is -2.40. The van der Waals surface area contributed by atoms with E-state index in [2.05, 4.69) is 30.4 Å². The molecule has 4 N–H and O–H groups in total. The van der Waals surface area contributed by atoms with Crippen molar-refractivity contribution in [3.63, 3.8) is 0 Å². The first-order chi connectivity index (χ1) is 16.8. The Bertz CT molecular complexity index is 1260. The quantitative estimate of drug-likeness (QED) is 0.296. The molecule has 2 unspecified atom stereocenters. The molecule has 0 radical (unpaired) electrons. The number of benzene rings is 2. The van der Waals surface area contributed by atoms with Crippen molar-refractivity contribution in [2.45, 2.75) is 38.7 Å². The summed E-state index contributed by atoms with van der Waals surface area (Å²) in [5.41, 5.74) is 8.05. The van der Waals surface area contributed by atoms with Crippen molar-refractivity contribution in [1.29, 1.82) is 0 Å². The van der Waals surface area contributed by atoms with Gasteiger partial charge in [0.25, 0.3) is 6.36 Å². The van der Waals surface area contributed by atoms with Crippen LogP contribution in [0.1, 0.15) is 19.4 Å². The Morgan fingerprint density at radius 1 is 1.06 bits per heavy atom. The fourth-order valence-electron chi connectivity index (χ4n) is 3.48. The van der Waals surface area contributed by atoms with Crippen molar-refractivity contribution in [2.75, 3.05) is 17.2 Å². The molecule has 4 aromatic rings. The first kappa shape index (κ1) is 24.3. The number of aromatic nitrogens is 4. The van der Waals surface area contributed by atoms with Gasteiger partial charge in [-0.25, -0.2) is 13.5 Å². The number of halogens is 3. The molecule has 0 aliphatic carbocycles. The Labute approximate surface area is 200 Å². The Morgan fingerprint density at radius 2 is 1.77 bits per heavy atom. The van der Waals surface area contributed by atoms with Gasteiger partial charge in [0.1, 0.15) is 11.6 Å². The lowest BCUT2D eigenvalue weighted by molar-refractivity contribution is -0.0668. The van der Waals surface area contributed by atoms with E-state index in [0.717, 1.165) is 5.56 Å². The third kappa shape index (κ3) is 5.62. The van der Waals surface area contributed by atoms with Crippen LogP contribution in [-0.2, 0) is 12.1 Å². The number of hydrogen-bond acceptors (Lipinski definition) is 7. The second-order valence-corrected chi connectivity index (χ2v) is 8.18. The molecule has 0 amide bonds. The van der Waals surface area contributed by atoms with Gasteiger partial charge in [-0.15, -0.1) is 0 Å². The van der Waals surface area contributed by atoms with E-state index in [4.69, 9.17) is 5.73 Å². The van der Waals surface area contributed by atoms with Gasteiger partial charge in [0.15, 0.2) is 5.65 Å². The number of rotatable bonds is 10. The monoisotopic (exact) mass is 485 g/mol. The van der Waals surface area contributed by atoms with E-state index >= 15 is 0 Å². The predicted octanol–water partition coefficient (Wildman–Crippen LogP) is 4.82. The van der Waals surface area contributed by atoms with Crippen molar-refractivity contribution in [1.82, 2.24) is 19.7 Å². The van der Waals surface area contributed by atoms with Gasteiger partial charge in [-0.2, -0.15) is 19.5 Å². The van der Waals surface area contributed by atoms with Crippen LogP contribution in [0, 0.1) is 0 Å². The van der Waals surface area contributed by atoms with Crippen LogP contribution < -0.4 is 21.1 Å². The van der Waals surface area contributed by atoms with E-state index in [-0.39, 0.29) is 5.75 Å². The maximum atomic E-state index is 13.1. The Hall–Kier alpha value is -3.86. The maximum absolute atomic E-state index is 13.1. The number of nitrogens with two attached hydrogens (primary N) is 1. The highest BCUT2D eigenvalue weighted by molar-refractivity contribution is 5.89. The summed E-state index contributed by atoms with van der Waals surface area (Å²) in [6, 6.07) is 15.7. The Balaban J connectivity index is 1.57. The van der Waals surface area contributed by atoms with Gasteiger partial charge in [0.05, 0.1) is 17.1 Å². The molecule has 8 nitrogen and oxygen atoms in total. The highest BCUT2D eigenvalue weighted by atomic mass is 19.3. The largest absolute Gasteiger partial charge is 0.454 e. The summed E-state index contributed by atoms with van der Waals surface area (Å²) < 4.78 is 44.2. The van der Waals surface area contributed by atoms with Crippen molar-refractivity contribution in [2.24, 2.45) is 5.73 Å². The molecule has 0 bridgehead atoms. The van der Waals surface area contributed by atoms with Gasteiger partial charge >= 0.3 is 6.43 Å². The molecule has 2 aromatic carbocycles. The van der Waals surface area contributed by atoms with E-state index in [9.17, 15) is 13.2 Å². The minimum Gasteiger partial charge on any atom is -0.454 e. The van der Waals surface area contributed by atoms with Crippen molar-refractivity contribution < 1.29 is 17.9 Å². The van der Waals surface area contributed by atoms with Gasteiger partial charge < -0.3 is 21.1 Å².